The van der Waals surface area contributed by atoms with Crippen LogP contribution in [0.25, 0.3) is 11.4 Å². The molecule has 0 spiro atoms. The molecule has 142 valence electrons. The van der Waals surface area contributed by atoms with Crippen molar-refractivity contribution < 1.29 is 4.79 Å². The van der Waals surface area contributed by atoms with Crippen LogP contribution in [-0.2, 0) is 11.2 Å². The van der Waals surface area contributed by atoms with Crippen LogP contribution in [0.4, 0.5) is 0 Å². The highest BCUT2D eigenvalue weighted by Gasteiger charge is 2.33. The molecule has 1 atom stereocenters. The number of aromatic nitrogens is 3. The van der Waals surface area contributed by atoms with E-state index < -0.39 is 0 Å². The van der Waals surface area contributed by atoms with Crippen LogP contribution in [0.2, 0.25) is 0 Å². The van der Waals surface area contributed by atoms with Gasteiger partial charge in [0.15, 0.2) is 5.82 Å². The van der Waals surface area contributed by atoms with E-state index in [0.717, 1.165) is 75.6 Å². The highest BCUT2D eigenvalue weighted by molar-refractivity contribution is 5.81. The van der Waals surface area contributed by atoms with Gasteiger partial charge in [0.2, 0.25) is 5.91 Å². The van der Waals surface area contributed by atoms with Crippen LogP contribution < -0.4 is 0 Å². The van der Waals surface area contributed by atoms with Gasteiger partial charge in [-0.3, -0.25) is 14.3 Å². The van der Waals surface area contributed by atoms with Crippen molar-refractivity contribution in [3.8, 4) is 11.4 Å². The molecule has 0 N–H and O–H groups in total. The molecule has 4 rings (SSSR count). The van der Waals surface area contributed by atoms with E-state index in [0.29, 0.717) is 0 Å². The summed E-state index contributed by atoms with van der Waals surface area (Å²) in [6.07, 6.45) is 5.78. The summed E-state index contributed by atoms with van der Waals surface area (Å²) in [5.41, 5.74) is 1.02. The molecular formula is C21H27N5O. The lowest BCUT2D eigenvalue weighted by Gasteiger charge is -2.36. The number of aryl methyl sites for hydroxylation is 1. The normalized spacial score (nSPS) is 20.7. The molecule has 0 saturated carbocycles. The fourth-order valence-electron chi connectivity index (χ4n) is 4.13. The largest absolute Gasteiger partial charge is 0.338 e. The summed E-state index contributed by atoms with van der Waals surface area (Å²) in [6, 6.07) is 9.88. The molecule has 3 heterocycles. The van der Waals surface area contributed by atoms with Gasteiger partial charge in [0.1, 0.15) is 11.9 Å². The average Bonchev–Trinajstić information content (AvgIpc) is 3.01. The first-order valence-corrected chi connectivity index (χ1v) is 9.89. The van der Waals surface area contributed by atoms with Crippen molar-refractivity contribution >= 4 is 5.91 Å². The third kappa shape index (κ3) is 3.67. The van der Waals surface area contributed by atoms with Crippen LogP contribution >= 0.6 is 0 Å². The topological polar surface area (TPSA) is 54.3 Å². The summed E-state index contributed by atoms with van der Waals surface area (Å²) in [6.45, 7) is 8.07. The Kier molecular flexibility index (Phi) is 5.34. The van der Waals surface area contributed by atoms with E-state index in [4.69, 9.17) is 0 Å². The van der Waals surface area contributed by atoms with E-state index in [1.54, 1.807) is 0 Å². The van der Waals surface area contributed by atoms with E-state index in [-0.39, 0.29) is 11.9 Å². The predicted molar refractivity (Wildman–Crippen MR) is 105 cm³/mol. The lowest BCUT2D eigenvalue weighted by atomic mass is 10.1. The van der Waals surface area contributed by atoms with Crippen LogP contribution in [0.3, 0.4) is 0 Å². The van der Waals surface area contributed by atoms with Gasteiger partial charge in [-0.15, -0.1) is 16.8 Å². The van der Waals surface area contributed by atoms with E-state index in [1.807, 2.05) is 41.3 Å². The Hall–Kier alpha value is -2.47. The Bertz CT molecular complexity index is 792. The number of amides is 1. The van der Waals surface area contributed by atoms with E-state index in [2.05, 4.69) is 26.2 Å². The molecule has 0 bridgehead atoms. The number of carbonyl (C=O) groups excluding carboxylic acids is 1. The van der Waals surface area contributed by atoms with Gasteiger partial charge in [-0.25, -0.2) is 0 Å². The second-order valence-electron chi connectivity index (χ2n) is 7.35. The number of hydrogen-bond acceptors (Lipinski definition) is 4. The molecule has 6 nitrogen and oxygen atoms in total. The molecule has 1 amide bonds. The molecule has 0 radical (unpaired) electrons. The fourth-order valence-corrected chi connectivity index (χ4v) is 4.13. The highest BCUT2D eigenvalue weighted by Crippen LogP contribution is 2.30. The van der Waals surface area contributed by atoms with Crippen LogP contribution in [0, 0.1) is 0 Å². The number of carbonyl (C=O) groups is 1. The van der Waals surface area contributed by atoms with Gasteiger partial charge in [0.25, 0.3) is 0 Å². The number of rotatable bonds is 4. The zero-order valence-electron chi connectivity index (χ0n) is 15.8. The van der Waals surface area contributed by atoms with Crippen molar-refractivity contribution in [2.75, 3.05) is 32.7 Å². The Morgan fingerprint density at radius 3 is 2.63 bits per heavy atom. The maximum Gasteiger partial charge on any atom is 0.245 e. The van der Waals surface area contributed by atoms with Crippen LogP contribution in [-0.4, -0.2) is 63.2 Å². The number of nitrogens with zero attached hydrogens (tertiary/aromatic N) is 5. The van der Waals surface area contributed by atoms with Crippen molar-refractivity contribution in [2.24, 2.45) is 0 Å². The SMILES string of the molecule is C=CCN1CCN(C(=O)C2CCCCc3nnc(-c4ccccc4)n32)CC1. The first kappa shape index (κ1) is 17.9. The second kappa shape index (κ2) is 8.05. The molecule has 1 aromatic carbocycles. The van der Waals surface area contributed by atoms with E-state index in [9.17, 15) is 4.79 Å². The molecule has 6 heteroatoms. The lowest BCUT2D eigenvalue weighted by molar-refractivity contribution is -0.136. The van der Waals surface area contributed by atoms with Crippen molar-refractivity contribution in [2.45, 2.75) is 31.7 Å². The third-order valence-corrected chi connectivity index (χ3v) is 5.59. The standard InChI is InChI=1S/C21H27N5O/c1-2-12-24-13-15-25(16-14-24)21(27)18-10-6-7-11-19-22-23-20(26(18)19)17-8-4-3-5-9-17/h2-5,8-9,18H,1,6-7,10-16H2. The summed E-state index contributed by atoms with van der Waals surface area (Å²) in [7, 11) is 0. The van der Waals surface area contributed by atoms with Gasteiger partial charge >= 0.3 is 0 Å². The van der Waals surface area contributed by atoms with E-state index in [1.165, 1.54) is 0 Å². The second-order valence-corrected chi connectivity index (χ2v) is 7.35. The minimum absolute atomic E-state index is 0.196. The molecule has 1 aromatic heterocycles. The number of benzene rings is 1. The van der Waals surface area contributed by atoms with Gasteiger partial charge in [0.05, 0.1) is 0 Å². The summed E-state index contributed by atoms with van der Waals surface area (Å²) >= 11 is 0. The molecule has 0 aliphatic carbocycles. The smallest absolute Gasteiger partial charge is 0.245 e. The van der Waals surface area contributed by atoms with Crippen LogP contribution in [0.1, 0.15) is 31.1 Å². The van der Waals surface area contributed by atoms with E-state index >= 15 is 0 Å². The zero-order valence-corrected chi connectivity index (χ0v) is 15.8. The monoisotopic (exact) mass is 365 g/mol. The maximum atomic E-state index is 13.4. The van der Waals surface area contributed by atoms with Gasteiger partial charge in [0, 0.05) is 44.7 Å². The summed E-state index contributed by atoms with van der Waals surface area (Å²) < 4.78 is 2.11. The molecule has 1 unspecified atom stereocenters. The highest BCUT2D eigenvalue weighted by atomic mass is 16.2. The molecule has 2 aliphatic rings. The Labute approximate surface area is 160 Å². The lowest BCUT2D eigenvalue weighted by Crippen LogP contribution is -2.50. The van der Waals surface area contributed by atoms with Gasteiger partial charge in [-0.1, -0.05) is 42.8 Å². The van der Waals surface area contributed by atoms with Crippen molar-refractivity contribution in [3.05, 3.63) is 48.8 Å². The minimum atomic E-state index is -0.196. The van der Waals surface area contributed by atoms with Gasteiger partial charge < -0.3 is 4.90 Å². The number of fused-ring (bicyclic) bond motifs is 1. The van der Waals surface area contributed by atoms with Gasteiger partial charge in [-0.05, 0) is 12.8 Å². The predicted octanol–water partition coefficient (Wildman–Crippen LogP) is 2.54. The first-order chi connectivity index (χ1) is 13.3. The minimum Gasteiger partial charge on any atom is -0.338 e. The van der Waals surface area contributed by atoms with Crippen LogP contribution in [0.15, 0.2) is 43.0 Å². The van der Waals surface area contributed by atoms with Crippen molar-refractivity contribution in [1.82, 2.24) is 24.6 Å². The first-order valence-electron chi connectivity index (χ1n) is 9.89. The Morgan fingerprint density at radius 2 is 1.89 bits per heavy atom. The Balaban J connectivity index is 1.60. The molecular weight excluding hydrogens is 338 g/mol. The third-order valence-electron chi connectivity index (χ3n) is 5.59. The summed E-state index contributed by atoms with van der Waals surface area (Å²) in [4.78, 5) is 17.8. The maximum absolute atomic E-state index is 13.4. The van der Waals surface area contributed by atoms with Crippen molar-refractivity contribution in [3.63, 3.8) is 0 Å². The fraction of sp³-hybridized carbons (Fsp3) is 0.476. The summed E-state index contributed by atoms with van der Waals surface area (Å²) in [5, 5.41) is 8.88. The van der Waals surface area contributed by atoms with Crippen LogP contribution in [0.5, 0.6) is 0 Å². The molecule has 27 heavy (non-hydrogen) atoms. The average molecular weight is 365 g/mol. The molecule has 1 fully saturated rings. The zero-order chi connectivity index (χ0) is 18.6. The molecule has 2 aromatic rings. The summed E-state index contributed by atoms with van der Waals surface area (Å²) in [5.74, 6) is 1.97. The van der Waals surface area contributed by atoms with Gasteiger partial charge in [-0.2, -0.15) is 0 Å². The van der Waals surface area contributed by atoms with Crippen molar-refractivity contribution in [1.29, 1.82) is 0 Å². The molecule has 1 saturated heterocycles. The number of hydrogen-bond donors (Lipinski definition) is 0. The quantitative estimate of drug-likeness (QED) is 0.782. The number of piperazine rings is 1. The molecule has 2 aliphatic heterocycles. The Morgan fingerprint density at radius 1 is 1.11 bits per heavy atom.